The maximum Gasteiger partial charge on any atom is 0.0595 e. The number of benzene rings is 1. The quantitative estimate of drug-likeness (QED) is 0.791. The average Bonchev–Trinajstić information content (AvgIpc) is 2.23. The molecule has 0 aliphatic carbocycles. The minimum atomic E-state index is 0.524. The van der Waals surface area contributed by atoms with Crippen LogP contribution in [0.3, 0.4) is 0 Å². The molecule has 2 rings (SSSR count). The monoisotopic (exact) mass is 243 g/mol. The number of piperidine rings is 1. The van der Waals surface area contributed by atoms with Gasteiger partial charge in [-0.1, -0.05) is 29.3 Å². The highest BCUT2D eigenvalue weighted by molar-refractivity contribution is 6.42. The molecule has 1 aliphatic rings. The molecule has 0 saturated carbocycles. The first-order valence-electron chi connectivity index (χ1n) is 5.37. The number of halogens is 2. The van der Waals surface area contributed by atoms with Gasteiger partial charge in [-0.25, -0.2) is 0 Å². The summed E-state index contributed by atoms with van der Waals surface area (Å²) in [6.45, 7) is 3.35. The molecule has 15 heavy (non-hydrogen) atoms. The topological polar surface area (TPSA) is 12.0 Å². The summed E-state index contributed by atoms with van der Waals surface area (Å²) in [4.78, 5) is 0. The van der Waals surface area contributed by atoms with Crippen molar-refractivity contribution in [3.8, 4) is 0 Å². The smallest absolute Gasteiger partial charge is 0.0595 e. The highest BCUT2D eigenvalue weighted by Crippen LogP contribution is 2.32. The lowest BCUT2D eigenvalue weighted by Gasteiger charge is -2.30. The summed E-state index contributed by atoms with van der Waals surface area (Å²) in [6.07, 6.45) is 2.46. The third-order valence-electron chi connectivity index (χ3n) is 3.13. The van der Waals surface area contributed by atoms with Crippen LogP contribution in [0.25, 0.3) is 0 Å². The Bertz CT molecular complexity index is 351. The van der Waals surface area contributed by atoms with Crippen molar-refractivity contribution in [1.29, 1.82) is 0 Å². The predicted molar refractivity (Wildman–Crippen MR) is 65.9 cm³/mol. The van der Waals surface area contributed by atoms with Crippen molar-refractivity contribution in [2.45, 2.75) is 31.7 Å². The molecular formula is C12H15Cl2N. The summed E-state index contributed by atoms with van der Waals surface area (Å²) in [7, 11) is 0. The molecule has 82 valence electrons. The molecule has 2 atom stereocenters. The van der Waals surface area contributed by atoms with Gasteiger partial charge in [0.05, 0.1) is 10.0 Å². The highest BCUT2D eigenvalue weighted by atomic mass is 35.5. The number of hydrogen-bond acceptors (Lipinski definition) is 1. The van der Waals surface area contributed by atoms with Gasteiger partial charge in [-0.15, -0.1) is 0 Å². The molecule has 1 fully saturated rings. The van der Waals surface area contributed by atoms with Crippen molar-refractivity contribution >= 4 is 23.2 Å². The Morgan fingerprint density at radius 3 is 2.73 bits per heavy atom. The standard InChI is InChI=1S/C12H15Cl2N/c1-8-10(3-2-6-15-8)9-4-5-11(13)12(14)7-9/h4-5,7-8,10,15H,2-3,6H2,1H3/t8-,10-/m1/s1. The Hall–Kier alpha value is -0.240. The molecule has 1 N–H and O–H groups in total. The van der Waals surface area contributed by atoms with Crippen molar-refractivity contribution in [1.82, 2.24) is 5.32 Å². The first-order chi connectivity index (χ1) is 7.18. The van der Waals surface area contributed by atoms with E-state index in [1.54, 1.807) is 0 Å². The molecule has 0 amide bonds. The Morgan fingerprint density at radius 1 is 1.27 bits per heavy atom. The fourth-order valence-electron chi connectivity index (χ4n) is 2.24. The molecule has 0 bridgehead atoms. The lowest BCUT2D eigenvalue weighted by Crippen LogP contribution is -2.37. The Labute approximate surface area is 101 Å². The first kappa shape index (κ1) is 11.3. The van der Waals surface area contributed by atoms with Crippen molar-refractivity contribution in [2.24, 2.45) is 0 Å². The molecule has 0 spiro atoms. The molecule has 1 aromatic carbocycles. The molecule has 3 heteroatoms. The Morgan fingerprint density at radius 2 is 2.07 bits per heavy atom. The van der Waals surface area contributed by atoms with Gasteiger partial charge in [0, 0.05) is 6.04 Å². The average molecular weight is 244 g/mol. The minimum Gasteiger partial charge on any atom is -0.314 e. The van der Waals surface area contributed by atoms with Crippen LogP contribution in [0.1, 0.15) is 31.2 Å². The summed E-state index contributed by atoms with van der Waals surface area (Å²) < 4.78 is 0. The Balaban J connectivity index is 2.24. The van der Waals surface area contributed by atoms with Crippen LogP contribution in [0.2, 0.25) is 10.0 Å². The van der Waals surface area contributed by atoms with Gasteiger partial charge in [0.25, 0.3) is 0 Å². The van der Waals surface area contributed by atoms with Crippen LogP contribution >= 0.6 is 23.2 Å². The highest BCUT2D eigenvalue weighted by Gasteiger charge is 2.22. The van der Waals surface area contributed by atoms with E-state index < -0.39 is 0 Å². The number of hydrogen-bond donors (Lipinski definition) is 1. The molecule has 1 aliphatic heterocycles. The second-order valence-electron chi connectivity index (χ2n) is 4.17. The van der Waals surface area contributed by atoms with E-state index in [0.717, 1.165) is 6.54 Å². The summed E-state index contributed by atoms with van der Waals surface area (Å²) >= 11 is 11.9. The SMILES string of the molecule is C[C@H]1NCCC[C@H]1c1ccc(Cl)c(Cl)c1. The van der Waals surface area contributed by atoms with E-state index >= 15 is 0 Å². The predicted octanol–water partition coefficient (Wildman–Crippen LogP) is 3.85. The zero-order valence-electron chi connectivity index (χ0n) is 8.76. The molecule has 1 saturated heterocycles. The van der Waals surface area contributed by atoms with Gasteiger partial charge < -0.3 is 5.32 Å². The van der Waals surface area contributed by atoms with Gasteiger partial charge in [0.15, 0.2) is 0 Å². The van der Waals surface area contributed by atoms with E-state index in [-0.39, 0.29) is 0 Å². The van der Waals surface area contributed by atoms with Gasteiger partial charge >= 0.3 is 0 Å². The zero-order valence-corrected chi connectivity index (χ0v) is 10.3. The van der Waals surface area contributed by atoms with Crippen molar-refractivity contribution < 1.29 is 0 Å². The molecule has 1 aromatic rings. The molecule has 0 radical (unpaired) electrons. The third kappa shape index (κ3) is 2.47. The minimum absolute atomic E-state index is 0.524. The van der Waals surface area contributed by atoms with Crippen LogP contribution in [0, 0.1) is 0 Å². The van der Waals surface area contributed by atoms with Crippen LogP contribution in [-0.2, 0) is 0 Å². The second kappa shape index (κ2) is 4.73. The maximum absolute atomic E-state index is 6.03. The van der Waals surface area contributed by atoms with Gasteiger partial charge in [-0.3, -0.25) is 0 Å². The summed E-state index contributed by atoms with van der Waals surface area (Å²) in [6, 6.07) is 6.50. The van der Waals surface area contributed by atoms with Crippen LogP contribution in [0.4, 0.5) is 0 Å². The third-order valence-corrected chi connectivity index (χ3v) is 3.87. The van der Waals surface area contributed by atoms with E-state index in [0.29, 0.717) is 22.0 Å². The van der Waals surface area contributed by atoms with Gasteiger partial charge in [0.2, 0.25) is 0 Å². The molecule has 1 heterocycles. The van der Waals surface area contributed by atoms with E-state index in [9.17, 15) is 0 Å². The van der Waals surface area contributed by atoms with E-state index in [2.05, 4.69) is 18.3 Å². The maximum atomic E-state index is 6.03. The van der Waals surface area contributed by atoms with E-state index in [1.165, 1.54) is 18.4 Å². The fraction of sp³-hybridized carbons (Fsp3) is 0.500. The first-order valence-corrected chi connectivity index (χ1v) is 6.12. The van der Waals surface area contributed by atoms with E-state index in [1.807, 2.05) is 12.1 Å². The van der Waals surface area contributed by atoms with Crippen LogP contribution < -0.4 is 5.32 Å². The summed E-state index contributed by atoms with van der Waals surface area (Å²) in [5.41, 5.74) is 1.30. The van der Waals surface area contributed by atoms with Crippen LogP contribution in [-0.4, -0.2) is 12.6 Å². The summed E-state index contributed by atoms with van der Waals surface area (Å²) in [5, 5.41) is 4.78. The van der Waals surface area contributed by atoms with Gasteiger partial charge in [0.1, 0.15) is 0 Å². The molecular weight excluding hydrogens is 229 g/mol. The fourth-order valence-corrected chi connectivity index (χ4v) is 2.55. The summed E-state index contributed by atoms with van der Waals surface area (Å²) in [5.74, 6) is 0.563. The number of rotatable bonds is 1. The van der Waals surface area contributed by atoms with Crippen LogP contribution in [0.5, 0.6) is 0 Å². The lowest BCUT2D eigenvalue weighted by atomic mass is 9.86. The molecule has 0 unspecified atom stereocenters. The second-order valence-corrected chi connectivity index (χ2v) is 4.98. The normalized spacial score (nSPS) is 26.6. The van der Waals surface area contributed by atoms with Crippen LogP contribution in [0.15, 0.2) is 18.2 Å². The molecule has 0 aromatic heterocycles. The van der Waals surface area contributed by atoms with E-state index in [4.69, 9.17) is 23.2 Å². The van der Waals surface area contributed by atoms with Crippen molar-refractivity contribution in [3.63, 3.8) is 0 Å². The van der Waals surface area contributed by atoms with Gasteiger partial charge in [-0.2, -0.15) is 0 Å². The van der Waals surface area contributed by atoms with Gasteiger partial charge in [-0.05, 0) is 49.9 Å². The lowest BCUT2D eigenvalue weighted by molar-refractivity contribution is 0.371. The largest absolute Gasteiger partial charge is 0.314 e. The van der Waals surface area contributed by atoms with Crippen molar-refractivity contribution in [3.05, 3.63) is 33.8 Å². The molecule has 1 nitrogen and oxygen atoms in total. The number of nitrogens with one attached hydrogen (secondary N) is 1. The van der Waals surface area contributed by atoms with Crippen molar-refractivity contribution in [2.75, 3.05) is 6.54 Å². The Kier molecular flexibility index (Phi) is 3.55. The zero-order chi connectivity index (χ0) is 10.8.